The molecule has 0 fully saturated rings. The summed E-state index contributed by atoms with van der Waals surface area (Å²) in [5, 5.41) is 3.61. The summed E-state index contributed by atoms with van der Waals surface area (Å²) >= 11 is 3.58. The Hall–Kier alpha value is -1.12. The van der Waals surface area contributed by atoms with E-state index in [0.717, 1.165) is 17.4 Å². The Morgan fingerprint density at radius 3 is 2.40 bits per heavy atom. The highest BCUT2D eigenvalue weighted by molar-refractivity contribution is 9.10. The Morgan fingerprint density at radius 1 is 1.05 bits per heavy atom. The molecule has 2 rings (SSSR count). The molecule has 0 amide bonds. The van der Waals surface area contributed by atoms with E-state index in [2.05, 4.69) is 84.5 Å². The van der Waals surface area contributed by atoms with Crippen LogP contribution >= 0.6 is 15.9 Å². The smallest absolute Gasteiger partial charge is 0.0363 e. The molecule has 2 aromatic carbocycles. The maximum absolute atomic E-state index is 3.61. The molecular formula is C18H22BrN. The first-order valence-electron chi connectivity index (χ1n) is 7.15. The minimum Gasteiger partial charge on any atom is -0.310 e. The van der Waals surface area contributed by atoms with Crippen molar-refractivity contribution in [1.82, 2.24) is 5.32 Å². The summed E-state index contributed by atoms with van der Waals surface area (Å²) in [6.07, 6.45) is 1.02. The lowest BCUT2D eigenvalue weighted by Crippen LogP contribution is -2.23. The van der Waals surface area contributed by atoms with Crippen LogP contribution in [0.5, 0.6) is 0 Å². The molecule has 0 aliphatic heterocycles. The molecule has 0 radical (unpaired) electrons. The van der Waals surface area contributed by atoms with Crippen LogP contribution in [0.1, 0.15) is 35.2 Å². The van der Waals surface area contributed by atoms with Crippen molar-refractivity contribution in [2.45, 2.75) is 33.2 Å². The van der Waals surface area contributed by atoms with Crippen molar-refractivity contribution in [1.29, 1.82) is 0 Å². The second-order valence-corrected chi connectivity index (χ2v) is 6.22. The van der Waals surface area contributed by atoms with E-state index in [4.69, 9.17) is 0 Å². The molecule has 106 valence electrons. The third-order valence-electron chi connectivity index (χ3n) is 3.63. The fraction of sp³-hybridized carbons (Fsp3) is 0.333. The van der Waals surface area contributed by atoms with E-state index < -0.39 is 0 Å². The van der Waals surface area contributed by atoms with Crippen molar-refractivity contribution in [3.63, 3.8) is 0 Å². The number of nitrogens with one attached hydrogen (secondary N) is 1. The number of hydrogen-bond acceptors (Lipinski definition) is 1. The monoisotopic (exact) mass is 331 g/mol. The molecule has 1 unspecified atom stereocenters. The van der Waals surface area contributed by atoms with E-state index in [0.29, 0.717) is 6.04 Å². The van der Waals surface area contributed by atoms with E-state index in [1.807, 2.05) is 0 Å². The first-order valence-corrected chi connectivity index (χ1v) is 7.94. The number of halogens is 1. The van der Waals surface area contributed by atoms with Gasteiger partial charge in [0, 0.05) is 10.5 Å². The zero-order chi connectivity index (χ0) is 14.5. The Bertz CT molecular complexity index is 560. The highest BCUT2D eigenvalue weighted by atomic mass is 79.9. The van der Waals surface area contributed by atoms with Crippen LogP contribution in [0.4, 0.5) is 0 Å². The van der Waals surface area contributed by atoms with E-state index in [1.54, 1.807) is 0 Å². The van der Waals surface area contributed by atoms with Gasteiger partial charge in [0.15, 0.2) is 0 Å². The Labute approximate surface area is 130 Å². The van der Waals surface area contributed by atoms with Crippen molar-refractivity contribution in [2.75, 3.05) is 6.54 Å². The lowest BCUT2D eigenvalue weighted by atomic mass is 9.95. The summed E-state index contributed by atoms with van der Waals surface area (Å²) in [7, 11) is 0. The standard InChI is InChI=1S/C18H22BrN/c1-4-20-18(11-15-8-5-13(2)6-9-15)17-12-16(19)10-7-14(17)3/h5-10,12,18,20H,4,11H2,1-3H3. The molecule has 0 bridgehead atoms. The predicted molar refractivity (Wildman–Crippen MR) is 90.2 cm³/mol. The molecule has 0 saturated carbocycles. The third-order valence-corrected chi connectivity index (χ3v) is 4.12. The van der Waals surface area contributed by atoms with Crippen LogP contribution in [-0.2, 0) is 6.42 Å². The molecule has 2 aromatic rings. The van der Waals surface area contributed by atoms with Crippen LogP contribution in [0, 0.1) is 13.8 Å². The second-order valence-electron chi connectivity index (χ2n) is 5.30. The van der Waals surface area contributed by atoms with Crippen molar-refractivity contribution >= 4 is 15.9 Å². The van der Waals surface area contributed by atoms with E-state index in [9.17, 15) is 0 Å². The molecule has 0 heterocycles. The van der Waals surface area contributed by atoms with Gasteiger partial charge in [-0.3, -0.25) is 0 Å². The zero-order valence-electron chi connectivity index (χ0n) is 12.4. The SMILES string of the molecule is CCNC(Cc1ccc(C)cc1)c1cc(Br)ccc1C. The molecule has 1 atom stereocenters. The quantitative estimate of drug-likeness (QED) is 0.816. The average molecular weight is 332 g/mol. The van der Waals surface area contributed by atoms with Gasteiger partial charge in [-0.25, -0.2) is 0 Å². The minimum absolute atomic E-state index is 0.361. The van der Waals surface area contributed by atoms with E-state index >= 15 is 0 Å². The van der Waals surface area contributed by atoms with Crippen molar-refractivity contribution in [3.8, 4) is 0 Å². The number of likely N-dealkylation sites (N-methyl/N-ethyl adjacent to an activating group) is 1. The Balaban J connectivity index is 2.26. The van der Waals surface area contributed by atoms with Gasteiger partial charge >= 0.3 is 0 Å². The van der Waals surface area contributed by atoms with Crippen molar-refractivity contribution in [3.05, 3.63) is 69.2 Å². The normalized spacial score (nSPS) is 12.4. The predicted octanol–water partition coefficient (Wildman–Crippen LogP) is 4.96. The molecule has 0 aliphatic rings. The average Bonchev–Trinajstić information content (AvgIpc) is 2.43. The Morgan fingerprint density at radius 2 is 1.75 bits per heavy atom. The third kappa shape index (κ3) is 3.94. The fourth-order valence-corrected chi connectivity index (χ4v) is 2.86. The molecule has 1 N–H and O–H groups in total. The highest BCUT2D eigenvalue weighted by Gasteiger charge is 2.14. The summed E-state index contributed by atoms with van der Waals surface area (Å²) in [5.74, 6) is 0. The van der Waals surface area contributed by atoms with Crippen molar-refractivity contribution in [2.24, 2.45) is 0 Å². The van der Waals surface area contributed by atoms with Crippen LogP contribution in [0.3, 0.4) is 0 Å². The summed E-state index contributed by atoms with van der Waals surface area (Å²) < 4.78 is 1.14. The molecule has 0 saturated heterocycles. The number of rotatable bonds is 5. The van der Waals surface area contributed by atoms with Gasteiger partial charge < -0.3 is 5.32 Å². The van der Waals surface area contributed by atoms with Gasteiger partial charge in [-0.1, -0.05) is 58.7 Å². The van der Waals surface area contributed by atoms with Gasteiger partial charge in [0.25, 0.3) is 0 Å². The zero-order valence-corrected chi connectivity index (χ0v) is 14.0. The minimum atomic E-state index is 0.361. The first kappa shape index (κ1) is 15.3. The van der Waals surface area contributed by atoms with E-state index in [1.165, 1.54) is 22.3 Å². The van der Waals surface area contributed by atoms with Gasteiger partial charge in [0.1, 0.15) is 0 Å². The summed E-state index contributed by atoms with van der Waals surface area (Å²) in [6.45, 7) is 7.45. The van der Waals surface area contributed by atoms with Crippen molar-refractivity contribution < 1.29 is 0 Å². The van der Waals surface area contributed by atoms with Gasteiger partial charge in [0.2, 0.25) is 0 Å². The molecular weight excluding hydrogens is 310 g/mol. The first-order chi connectivity index (χ1) is 9.60. The molecule has 0 spiro atoms. The number of aryl methyl sites for hydroxylation is 2. The molecule has 0 aliphatic carbocycles. The summed E-state index contributed by atoms with van der Waals surface area (Å²) in [6, 6.07) is 15.7. The second kappa shape index (κ2) is 7.05. The lowest BCUT2D eigenvalue weighted by molar-refractivity contribution is 0.547. The van der Waals surface area contributed by atoms with Gasteiger partial charge in [0.05, 0.1) is 0 Å². The molecule has 0 aromatic heterocycles. The highest BCUT2D eigenvalue weighted by Crippen LogP contribution is 2.25. The molecule has 1 nitrogen and oxygen atoms in total. The van der Waals surface area contributed by atoms with Gasteiger partial charge in [-0.05, 0) is 55.6 Å². The van der Waals surface area contributed by atoms with Crippen LogP contribution in [0.15, 0.2) is 46.9 Å². The van der Waals surface area contributed by atoms with Crippen LogP contribution in [0.25, 0.3) is 0 Å². The topological polar surface area (TPSA) is 12.0 Å². The fourth-order valence-electron chi connectivity index (χ4n) is 2.49. The van der Waals surface area contributed by atoms with Crippen LogP contribution in [-0.4, -0.2) is 6.54 Å². The van der Waals surface area contributed by atoms with Gasteiger partial charge in [-0.2, -0.15) is 0 Å². The maximum Gasteiger partial charge on any atom is 0.0363 e. The largest absolute Gasteiger partial charge is 0.310 e. The number of hydrogen-bond donors (Lipinski definition) is 1. The van der Waals surface area contributed by atoms with Crippen LogP contribution in [0.2, 0.25) is 0 Å². The number of benzene rings is 2. The van der Waals surface area contributed by atoms with Crippen LogP contribution < -0.4 is 5.32 Å². The molecule has 20 heavy (non-hydrogen) atoms. The van der Waals surface area contributed by atoms with E-state index in [-0.39, 0.29) is 0 Å². The Kier molecular flexibility index (Phi) is 5.38. The summed E-state index contributed by atoms with van der Waals surface area (Å²) in [4.78, 5) is 0. The summed E-state index contributed by atoms with van der Waals surface area (Å²) in [5.41, 5.74) is 5.40. The maximum atomic E-state index is 3.61. The van der Waals surface area contributed by atoms with Gasteiger partial charge in [-0.15, -0.1) is 0 Å². The molecule has 2 heteroatoms. The lowest BCUT2D eigenvalue weighted by Gasteiger charge is -2.21.